The number of phosphoric acid groups is 1. The molecule has 1 unspecified atom stereocenters. The van der Waals surface area contributed by atoms with E-state index in [9.17, 15) is 9.36 Å². The van der Waals surface area contributed by atoms with Gasteiger partial charge in [-0.3, -0.25) is 9.69 Å². The van der Waals surface area contributed by atoms with Crippen molar-refractivity contribution in [2.75, 3.05) is 0 Å². The number of hydrogen-bond acceptors (Lipinski definition) is 6. The molecule has 0 heterocycles. The molecule has 0 saturated heterocycles. The zero-order chi connectivity index (χ0) is 10.7. The van der Waals surface area contributed by atoms with Gasteiger partial charge in [-0.2, -0.15) is 0 Å². The molecule has 0 saturated carbocycles. The van der Waals surface area contributed by atoms with Crippen molar-refractivity contribution in [2.24, 2.45) is 5.41 Å². The second-order valence-corrected chi connectivity index (χ2v) is 4.52. The zero-order valence-corrected chi connectivity index (χ0v) is 8.28. The molecule has 2 N–H and O–H groups in total. The van der Waals surface area contributed by atoms with E-state index in [0.29, 0.717) is 0 Å². The van der Waals surface area contributed by atoms with Gasteiger partial charge in [-0.05, 0) is 20.8 Å². The molecule has 8 heteroatoms. The molecule has 0 spiro atoms. The van der Waals surface area contributed by atoms with Crippen molar-refractivity contribution >= 4 is 13.8 Å². The maximum atomic E-state index is 11.0. The largest absolute Gasteiger partial charge is 0.559 e. The SMILES string of the molecule is CC(C)(C)C(=O)OP(=O)(O)OOO. The molecule has 0 rings (SSSR count). The Bertz CT molecular complexity index is 230. The van der Waals surface area contributed by atoms with Gasteiger partial charge in [0.1, 0.15) is 0 Å². The molecule has 1 atom stereocenters. The molecule has 78 valence electrons. The predicted molar refractivity (Wildman–Crippen MR) is 40.2 cm³/mol. The molecule has 0 bridgehead atoms. The van der Waals surface area contributed by atoms with Crippen LogP contribution in [0.1, 0.15) is 20.8 Å². The highest BCUT2D eigenvalue weighted by Gasteiger charge is 2.34. The molecular formula is C5H11O7P. The molecule has 0 aromatic rings. The second kappa shape index (κ2) is 4.17. The van der Waals surface area contributed by atoms with Gasteiger partial charge in [0.25, 0.3) is 0 Å². The van der Waals surface area contributed by atoms with Crippen molar-refractivity contribution < 1.29 is 33.7 Å². The molecule has 0 aliphatic rings. The van der Waals surface area contributed by atoms with E-state index in [-0.39, 0.29) is 0 Å². The van der Waals surface area contributed by atoms with Crippen LogP contribution in [0.3, 0.4) is 0 Å². The van der Waals surface area contributed by atoms with Crippen LogP contribution < -0.4 is 0 Å². The molecule has 13 heavy (non-hydrogen) atoms. The molecule has 0 aliphatic carbocycles. The molecule has 0 aromatic heterocycles. The molecule has 0 aliphatic heterocycles. The standard InChI is InChI=1S/C5H11O7P/c1-5(2,3)4(6)10-13(8,9)12-11-7/h7H,1-3H3,(H,8,9). The van der Waals surface area contributed by atoms with E-state index in [4.69, 9.17) is 10.2 Å². The maximum absolute atomic E-state index is 11.0. The van der Waals surface area contributed by atoms with Gasteiger partial charge >= 0.3 is 13.8 Å². The van der Waals surface area contributed by atoms with Crippen LogP contribution in [0.15, 0.2) is 0 Å². The van der Waals surface area contributed by atoms with Gasteiger partial charge in [0.2, 0.25) is 0 Å². The van der Waals surface area contributed by atoms with Crippen molar-refractivity contribution in [3.05, 3.63) is 0 Å². The van der Waals surface area contributed by atoms with Crippen LogP contribution in [0.25, 0.3) is 0 Å². The molecule has 0 aromatic carbocycles. The fourth-order valence-electron chi connectivity index (χ4n) is 0.299. The smallest absolute Gasteiger partial charge is 0.369 e. The minimum Gasteiger partial charge on any atom is -0.369 e. The third-order valence-corrected chi connectivity index (χ3v) is 1.59. The van der Waals surface area contributed by atoms with Gasteiger partial charge < -0.3 is 4.52 Å². The Morgan fingerprint density at radius 2 is 1.85 bits per heavy atom. The van der Waals surface area contributed by atoms with Gasteiger partial charge in [0.15, 0.2) is 0 Å². The summed E-state index contributed by atoms with van der Waals surface area (Å²) in [6.07, 6.45) is 0. The minimum absolute atomic E-state index is 0.947. The van der Waals surface area contributed by atoms with Crippen LogP contribution in [-0.2, 0) is 23.6 Å². The van der Waals surface area contributed by atoms with Crippen molar-refractivity contribution in [3.63, 3.8) is 0 Å². The Hall–Kier alpha value is -0.460. The van der Waals surface area contributed by atoms with E-state index in [0.717, 1.165) is 0 Å². The summed E-state index contributed by atoms with van der Waals surface area (Å²) in [6.45, 7) is 4.44. The summed E-state index contributed by atoms with van der Waals surface area (Å²) in [5.41, 5.74) is -0.947. The molecular weight excluding hydrogens is 203 g/mol. The Balaban J connectivity index is 4.29. The number of hydrogen-bond donors (Lipinski definition) is 2. The van der Waals surface area contributed by atoms with E-state index >= 15 is 0 Å². The lowest BCUT2D eigenvalue weighted by molar-refractivity contribution is -0.446. The number of carbonyl (C=O) groups excluding carboxylic acids is 1. The van der Waals surface area contributed by atoms with Gasteiger partial charge in [0, 0.05) is 0 Å². The van der Waals surface area contributed by atoms with Gasteiger partial charge in [-0.1, -0.05) is 9.71 Å². The van der Waals surface area contributed by atoms with Crippen LogP contribution in [0, 0.1) is 5.41 Å². The first-order valence-corrected chi connectivity index (χ1v) is 4.75. The quantitative estimate of drug-likeness (QED) is 0.411. The first-order chi connectivity index (χ1) is 5.69. The molecule has 0 amide bonds. The first-order valence-electron chi connectivity index (χ1n) is 3.26. The van der Waals surface area contributed by atoms with Crippen molar-refractivity contribution in [1.29, 1.82) is 0 Å². The molecule has 0 fully saturated rings. The highest BCUT2D eigenvalue weighted by atomic mass is 31.2. The van der Waals surface area contributed by atoms with E-state index < -0.39 is 19.2 Å². The average molecular weight is 214 g/mol. The predicted octanol–water partition coefficient (Wildman–Crippen LogP) is 1.10. The Morgan fingerprint density at radius 3 is 2.15 bits per heavy atom. The van der Waals surface area contributed by atoms with Crippen molar-refractivity contribution in [1.82, 2.24) is 0 Å². The average Bonchev–Trinajstić information content (AvgIpc) is 1.83. The Morgan fingerprint density at radius 1 is 1.38 bits per heavy atom. The Labute approximate surface area is 74.7 Å². The second-order valence-electron chi connectivity index (χ2n) is 3.25. The summed E-state index contributed by atoms with van der Waals surface area (Å²) in [4.78, 5) is 19.6. The van der Waals surface area contributed by atoms with Crippen molar-refractivity contribution in [2.45, 2.75) is 20.8 Å². The maximum Gasteiger partial charge on any atom is 0.559 e. The van der Waals surface area contributed by atoms with Crippen LogP contribution >= 0.6 is 7.82 Å². The summed E-state index contributed by atoms with van der Waals surface area (Å²) in [6, 6.07) is 0. The highest BCUT2D eigenvalue weighted by Crippen LogP contribution is 2.44. The third kappa shape index (κ3) is 4.97. The number of rotatable bonds is 3. The van der Waals surface area contributed by atoms with Crippen LogP contribution in [0.2, 0.25) is 0 Å². The highest BCUT2D eigenvalue weighted by molar-refractivity contribution is 7.47. The Kier molecular flexibility index (Phi) is 4.02. The van der Waals surface area contributed by atoms with Crippen LogP contribution in [0.5, 0.6) is 0 Å². The van der Waals surface area contributed by atoms with Gasteiger partial charge in [-0.15, -0.1) is 0 Å². The monoisotopic (exact) mass is 214 g/mol. The lowest BCUT2D eigenvalue weighted by Gasteiger charge is -2.17. The van der Waals surface area contributed by atoms with Crippen molar-refractivity contribution in [3.8, 4) is 0 Å². The summed E-state index contributed by atoms with van der Waals surface area (Å²) < 4.78 is 18.1. The fraction of sp³-hybridized carbons (Fsp3) is 0.800. The topological polar surface area (TPSA) is 102 Å². The van der Waals surface area contributed by atoms with E-state index in [1.165, 1.54) is 20.8 Å². The van der Waals surface area contributed by atoms with E-state index in [1.54, 1.807) is 0 Å². The lowest BCUT2D eigenvalue weighted by atomic mass is 9.98. The summed E-state index contributed by atoms with van der Waals surface area (Å²) in [7, 11) is -4.67. The van der Waals surface area contributed by atoms with Crippen LogP contribution in [0.4, 0.5) is 0 Å². The number of phosphoric ester groups is 1. The number of carbonyl (C=O) groups is 1. The molecule has 0 radical (unpaired) electrons. The van der Waals surface area contributed by atoms with Gasteiger partial charge in [0.05, 0.1) is 5.41 Å². The van der Waals surface area contributed by atoms with Crippen LogP contribution in [-0.4, -0.2) is 16.1 Å². The minimum atomic E-state index is -4.67. The third-order valence-electron chi connectivity index (χ3n) is 0.938. The summed E-state index contributed by atoms with van der Waals surface area (Å²) >= 11 is 0. The van der Waals surface area contributed by atoms with E-state index in [2.05, 4.69) is 14.2 Å². The lowest BCUT2D eigenvalue weighted by Crippen LogP contribution is -2.22. The fourth-order valence-corrected chi connectivity index (χ4v) is 0.897. The van der Waals surface area contributed by atoms with Gasteiger partial charge in [-0.25, -0.2) is 9.82 Å². The zero-order valence-electron chi connectivity index (χ0n) is 7.38. The first kappa shape index (κ1) is 12.5. The summed E-state index contributed by atoms with van der Waals surface area (Å²) in [5.74, 6) is -0.949. The normalized spacial score (nSPS) is 16.4. The van der Waals surface area contributed by atoms with E-state index in [1.807, 2.05) is 0 Å². The summed E-state index contributed by atoms with van der Waals surface area (Å²) in [5, 5.41) is 10.6. The molecule has 7 nitrogen and oxygen atoms in total.